The SMILES string of the molecule is CC(C)(C)OC(=O)COC(=O)[C@@H](N)CCCCN. The van der Waals surface area contributed by atoms with Crippen LogP contribution in [0, 0.1) is 0 Å². The van der Waals surface area contributed by atoms with Gasteiger partial charge in [0.2, 0.25) is 0 Å². The average molecular weight is 260 g/mol. The van der Waals surface area contributed by atoms with Crippen LogP contribution in [0.25, 0.3) is 0 Å². The van der Waals surface area contributed by atoms with E-state index in [1.54, 1.807) is 20.8 Å². The normalized spacial score (nSPS) is 12.9. The predicted octanol–water partition coefficient (Wildman–Crippen LogP) is 0.328. The molecule has 0 aromatic carbocycles. The van der Waals surface area contributed by atoms with E-state index in [0.29, 0.717) is 13.0 Å². The van der Waals surface area contributed by atoms with Crippen molar-refractivity contribution in [3.05, 3.63) is 0 Å². The first-order chi connectivity index (χ1) is 8.26. The van der Waals surface area contributed by atoms with Crippen LogP contribution in [-0.4, -0.2) is 36.7 Å². The Hall–Kier alpha value is -1.14. The molecule has 0 bridgehead atoms. The third-order valence-electron chi connectivity index (χ3n) is 2.02. The number of hydrogen-bond acceptors (Lipinski definition) is 6. The van der Waals surface area contributed by atoms with Crippen molar-refractivity contribution >= 4 is 11.9 Å². The molecule has 0 saturated carbocycles. The fraction of sp³-hybridized carbons (Fsp3) is 0.833. The lowest BCUT2D eigenvalue weighted by Gasteiger charge is -2.19. The van der Waals surface area contributed by atoms with Crippen LogP contribution < -0.4 is 11.5 Å². The zero-order chi connectivity index (χ0) is 14.2. The monoisotopic (exact) mass is 260 g/mol. The Kier molecular flexibility index (Phi) is 7.54. The van der Waals surface area contributed by atoms with E-state index in [9.17, 15) is 9.59 Å². The minimum atomic E-state index is -0.709. The van der Waals surface area contributed by atoms with Gasteiger partial charge in [-0.1, -0.05) is 6.42 Å². The van der Waals surface area contributed by atoms with Gasteiger partial charge in [0.1, 0.15) is 11.6 Å². The van der Waals surface area contributed by atoms with Crippen LogP contribution in [-0.2, 0) is 19.1 Å². The number of ether oxygens (including phenoxy) is 2. The first kappa shape index (κ1) is 16.9. The Morgan fingerprint density at radius 2 is 1.83 bits per heavy atom. The third kappa shape index (κ3) is 8.95. The van der Waals surface area contributed by atoms with E-state index in [4.69, 9.17) is 20.9 Å². The number of hydrogen-bond donors (Lipinski definition) is 2. The molecule has 0 aliphatic heterocycles. The van der Waals surface area contributed by atoms with Crippen molar-refractivity contribution in [2.75, 3.05) is 13.2 Å². The lowest BCUT2D eigenvalue weighted by Crippen LogP contribution is -2.35. The van der Waals surface area contributed by atoms with Crippen molar-refractivity contribution in [3.8, 4) is 0 Å². The summed E-state index contributed by atoms with van der Waals surface area (Å²) in [5.74, 6) is -1.16. The summed E-state index contributed by atoms with van der Waals surface area (Å²) in [4.78, 5) is 22.7. The van der Waals surface area contributed by atoms with Crippen LogP contribution in [0.5, 0.6) is 0 Å². The quantitative estimate of drug-likeness (QED) is 0.505. The van der Waals surface area contributed by atoms with Crippen molar-refractivity contribution in [1.82, 2.24) is 0 Å². The van der Waals surface area contributed by atoms with E-state index in [-0.39, 0.29) is 0 Å². The number of unbranched alkanes of at least 4 members (excludes halogenated alkanes) is 1. The zero-order valence-corrected chi connectivity index (χ0v) is 11.4. The zero-order valence-electron chi connectivity index (χ0n) is 11.4. The molecular formula is C12H24N2O4. The van der Waals surface area contributed by atoms with E-state index in [1.165, 1.54) is 0 Å². The van der Waals surface area contributed by atoms with Crippen LogP contribution in [0.15, 0.2) is 0 Å². The molecule has 0 spiro atoms. The first-order valence-electron chi connectivity index (χ1n) is 6.10. The first-order valence-corrected chi connectivity index (χ1v) is 6.10. The fourth-order valence-electron chi connectivity index (χ4n) is 1.23. The molecule has 0 radical (unpaired) electrons. The Morgan fingerprint density at radius 3 is 2.33 bits per heavy atom. The molecule has 6 heteroatoms. The molecule has 106 valence electrons. The maximum Gasteiger partial charge on any atom is 0.344 e. The molecule has 0 unspecified atom stereocenters. The van der Waals surface area contributed by atoms with Crippen molar-refractivity contribution < 1.29 is 19.1 Å². The Bertz CT molecular complexity index is 274. The van der Waals surface area contributed by atoms with Crippen LogP contribution >= 0.6 is 0 Å². The van der Waals surface area contributed by atoms with Crippen molar-refractivity contribution in [3.63, 3.8) is 0 Å². The number of nitrogens with two attached hydrogens (primary N) is 2. The van der Waals surface area contributed by atoms with Gasteiger partial charge in [0, 0.05) is 0 Å². The summed E-state index contributed by atoms with van der Waals surface area (Å²) in [6.07, 6.45) is 2.08. The molecule has 0 aromatic rings. The lowest BCUT2D eigenvalue weighted by molar-refractivity contribution is -0.167. The maximum absolute atomic E-state index is 11.4. The van der Waals surface area contributed by atoms with Crippen LogP contribution in [0.1, 0.15) is 40.0 Å². The van der Waals surface area contributed by atoms with Gasteiger partial charge < -0.3 is 20.9 Å². The van der Waals surface area contributed by atoms with E-state index >= 15 is 0 Å². The molecule has 0 heterocycles. The molecule has 0 fully saturated rings. The van der Waals surface area contributed by atoms with E-state index in [0.717, 1.165) is 12.8 Å². The molecule has 0 aliphatic carbocycles. The van der Waals surface area contributed by atoms with E-state index < -0.39 is 30.2 Å². The third-order valence-corrected chi connectivity index (χ3v) is 2.02. The average Bonchev–Trinajstić information content (AvgIpc) is 2.23. The number of carbonyl (C=O) groups is 2. The van der Waals surface area contributed by atoms with Crippen molar-refractivity contribution in [2.45, 2.75) is 51.7 Å². The van der Waals surface area contributed by atoms with Crippen LogP contribution in [0.3, 0.4) is 0 Å². The molecule has 0 aliphatic rings. The highest BCUT2D eigenvalue weighted by molar-refractivity contribution is 5.79. The predicted molar refractivity (Wildman–Crippen MR) is 67.7 cm³/mol. The molecule has 0 rings (SSSR count). The summed E-state index contributed by atoms with van der Waals surface area (Å²) in [7, 11) is 0. The molecule has 6 nitrogen and oxygen atoms in total. The molecule has 18 heavy (non-hydrogen) atoms. The Morgan fingerprint density at radius 1 is 1.22 bits per heavy atom. The van der Waals surface area contributed by atoms with Gasteiger partial charge in [0.05, 0.1) is 0 Å². The summed E-state index contributed by atoms with van der Waals surface area (Å²) in [5, 5.41) is 0. The van der Waals surface area contributed by atoms with Gasteiger partial charge in [-0.3, -0.25) is 4.79 Å². The number of esters is 2. The largest absolute Gasteiger partial charge is 0.457 e. The van der Waals surface area contributed by atoms with Gasteiger partial charge >= 0.3 is 11.9 Å². The Balaban J connectivity index is 3.85. The summed E-state index contributed by atoms with van der Waals surface area (Å²) in [6, 6.07) is -0.709. The Labute approximate surface area is 108 Å². The summed E-state index contributed by atoms with van der Waals surface area (Å²) < 4.78 is 9.77. The standard InChI is InChI=1S/C12H24N2O4/c1-12(2,3)18-10(15)8-17-11(16)9(14)6-4-5-7-13/h9H,4-8,13-14H2,1-3H3/t9-/m0/s1. The van der Waals surface area contributed by atoms with Gasteiger partial charge in [0.15, 0.2) is 6.61 Å². The molecule has 0 amide bonds. The highest BCUT2D eigenvalue weighted by atomic mass is 16.6. The molecule has 0 saturated heterocycles. The van der Waals surface area contributed by atoms with Crippen molar-refractivity contribution in [1.29, 1.82) is 0 Å². The minimum Gasteiger partial charge on any atom is -0.457 e. The molecule has 4 N–H and O–H groups in total. The minimum absolute atomic E-state index is 0.402. The highest BCUT2D eigenvalue weighted by Crippen LogP contribution is 2.07. The lowest BCUT2D eigenvalue weighted by atomic mass is 10.1. The number of rotatable bonds is 7. The summed E-state index contributed by atoms with van der Waals surface area (Å²) in [5.41, 5.74) is 10.3. The smallest absolute Gasteiger partial charge is 0.344 e. The van der Waals surface area contributed by atoms with Crippen molar-refractivity contribution in [2.24, 2.45) is 11.5 Å². The van der Waals surface area contributed by atoms with Crippen LogP contribution in [0.4, 0.5) is 0 Å². The summed E-state index contributed by atoms with van der Waals surface area (Å²) >= 11 is 0. The fourth-order valence-corrected chi connectivity index (χ4v) is 1.23. The second-order valence-corrected chi connectivity index (χ2v) is 5.09. The van der Waals surface area contributed by atoms with Crippen LogP contribution in [0.2, 0.25) is 0 Å². The number of carbonyl (C=O) groups excluding carboxylic acids is 2. The maximum atomic E-state index is 11.4. The topological polar surface area (TPSA) is 105 Å². The molecular weight excluding hydrogens is 236 g/mol. The van der Waals surface area contributed by atoms with Gasteiger partial charge in [-0.15, -0.1) is 0 Å². The van der Waals surface area contributed by atoms with Gasteiger partial charge in [0.25, 0.3) is 0 Å². The highest BCUT2D eigenvalue weighted by Gasteiger charge is 2.20. The molecule has 0 aromatic heterocycles. The van der Waals surface area contributed by atoms with E-state index in [1.807, 2.05) is 0 Å². The van der Waals surface area contributed by atoms with Gasteiger partial charge in [-0.2, -0.15) is 0 Å². The van der Waals surface area contributed by atoms with E-state index in [2.05, 4.69) is 0 Å². The second-order valence-electron chi connectivity index (χ2n) is 5.09. The van der Waals surface area contributed by atoms with Gasteiger partial charge in [-0.05, 0) is 40.2 Å². The molecule has 1 atom stereocenters. The van der Waals surface area contributed by atoms with Gasteiger partial charge in [-0.25, -0.2) is 4.79 Å². The second kappa shape index (κ2) is 8.05. The summed E-state index contributed by atoms with van der Waals surface area (Å²) in [6.45, 7) is 5.39.